The maximum absolute atomic E-state index is 13.2. The molecule has 1 aliphatic heterocycles. The zero-order valence-corrected chi connectivity index (χ0v) is 16.4. The van der Waals surface area contributed by atoms with E-state index >= 15 is 0 Å². The Balaban J connectivity index is 1.76. The van der Waals surface area contributed by atoms with Crippen molar-refractivity contribution in [3.8, 4) is 0 Å². The predicted molar refractivity (Wildman–Crippen MR) is 104 cm³/mol. The van der Waals surface area contributed by atoms with Crippen molar-refractivity contribution >= 4 is 11.8 Å². The summed E-state index contributed by atoms with van der Waals surface area (Å²) in [5.41, 5.74) is 2.46. The number of hydrogen-bond acceptors (Lipinski definition) is 3. The summed E-state index contributed by atoms with van der Waals surface area (Å²) in [6.45, 7) is 5.96. The van der Waals surface area contributed by atoms with Gasteiger partial charge in [0.2, 0.25) is 5.91 Å². The second-order valence-electron chi connectivity index (χ2n) is 7.38. The van der Waals surface area contributed by atoms with Crippen molar-refractivity contribution in [3.63, 3.8) is 0 Å². The van der Waals surface area contributed by atoms with E-state index in [-0.39, 0.29) is 17.6 Å². The minimum Gasteiger partial charge on any atom is -0.356 e. The lowest BCUT2D eigenvalue weighted by Gasteiger charge is -2.26. The van der Waals surface area contributed by atoms with Crippen molar-refractivity contribution in [3.05, 3.63) is 53.1 Å². The van der Waals surface area contributed by atoms with Gasteiger partial charge in [0.1, 0.15) is 5.82 Å². The van der Waals surface area contributed by atoms with Crippen LogP contribution < -0.4 is 5.32 Å². The average molecular weight is 386 g/mol. The topological polar surface area (TPSA) is 67.2 Å². The molecule has 1 aliphatic rings. The third kappa shape index (κ3) is 4.77. The molecule has 28 heavy (non-hydrogen) atoms. The molecule has 1 aromatic carbocycles. The Kier molecular flexibility index (Phi) is 6.44. The standard InChI is InChI=1S/C21H27FN4O2/c1-3-9-25(14-16-4-6-18(22)7-5-16)21(28)19-13-24-26-10-8-17(11-20(19)26)12-23-15(2)27/h4-7,13,17H,3,8-12,14H2,1-2H3,(H,23,27)/t17-/m1/s1. The van der Waals surface area contributed by atoms with Gasteiger partial charge in [0.25, 0.3) is 5.91 Å². The van der Waals surface area contributed by atoms with E-state index in [1.807, 2.05) is 11.6 Å². The van der Waals surface area contributed by atoms with Gasteiger partial charge in [-0.15, -0.1) is 0 Å². The van der Waals surface area contributed by atoms with Crippen LogP contribution in [0.3, 0.4) is 0 Å². The van der Waals surface area contributed by atoms with Gasteiger partial charge in [-0.05, 0) is 42.9 Å². The third-order valence-corrected chi connectivity index (χ3v) is 5.12. The van der Waals surface area contributed by atoms with Crippen LogP contribution in [0.4, 0.5) is 4.39 Å². The number of amides is 2. The van der Waals surface area contributed by atoms with Gasteiger partial charge in [-0.3, -0.25) is 14.3 Å². The van der Waals surface area contributed by atoms with Crippen LogP contribution in [-0.4, -0.2) is 39.6 Å². The van der Waals surface area contributed by atoms with Crippen molar-refractivity contribution < 1.29 is 14.0 Å². The molecule has 7 heteroatoms. The number of fused-ring (bicyclic) bond motifs is 1. The monoisotopic (exact) mass is 386 g/mol. The number of nitrogens with one attached hydrogen (secondary N) is 1. The summed E-state index contributed by atoms with van der Waals surface area (Å²) in [4.78, 5) is 26.2. The molecule has 1 N–H and O–H groups in total. The van der Waals surface area contributed by atoms with Crippen molar-refractivity contribution in [2.24, 2.45) is 5.92 Å². The van der Waals surface area contributed by atoms with E-state index in [2.05, 4.69) is 10.4 Å². The van der Waals surface area contributed by atoms with E-state index in [0.717, 1.165) is 37.1 Å². The van der Waals surface area contributed by atoms with Gasteiger partial charge >= 0.3 is 0 Å². The number of carbonyl (C=O) groups is 2. The van der Waals surface area contributed by atoms with Crippen molar-refractivity contribution in [1.29, 1.82) is 0 Å². The second kappa shape index (κ2) is 8.99. The zero-order chi connectivity index (χ0) is 20.1. The summed E-state index contributed by atoms with van der Waals surface area (Å²) in [6, 6.07) is 6.25. The van der Waals surface area contributed by atoms with Gasteiger partial charge in [0.15, 0.2) is 0 Å². The Hall–Kier alpha value is -2.70. The van der Waals surface area contributed by atoms with Gasteiger partial charge in [0, 0.05) is 33.1 Å². The average Bonchev–Trinajstić information content (AvgIpc) is 3.10. The van der Waals surface area contributed by atoms with Crippen LogP contribution in [-0.2, 0) is 24.3 Å². The summed E-state index contributed by atoms with van der Waals surface area (Å²) < 4.78 is 15.1. The van der Waals surface area contributed by atoms with E-state index in [0.29, 0.717) is 31.1 Å². The number of aromatic nitrogens is 2. The van der Waals surface area contributed by atoms with E-state index in [1.54, 1.807) is 23.2 Å². The highest BCUT2D eigenvalue weighted by molar-refractivity contribution is 5.95. The Bertz CT molecular complexity index is 831. The first kappa shape index (κ1) is 20.0. The molecule has 0 unspecified atom stereocenters. The minimum absolute atomic E-state index is 0.0381. The molecular formula is C21H27FN4O2. The molecule has 1 aromatic heterocycles. The molecule has 2 heterocycles. The molecule has 0 radical (unpaired) electrons. The smallest absolute Gasteiger partial charge is 0.257 e. The first-order chi connectivity index (χ1) is 13.5. The van der Waals surface area contributed by atoms with Crippen LogP contribution in [0.5, 0.6) is 0 Å². The lowest BCUT2D eigenvalue weighted by atomic mass is 9.94. The number of nitrogens with zero attached hydrogens (tertiary/aromatic N) is 3. The Morgan fingerprint density at radius 1 is 1.32 bits per heavy atom. The van der Waals surface area contributed by atoms with E-state index < -0.39 is 0 Å². The highest BCUT2D eigenvalue weighted by atomic mass is 19.1. The fourth-order valence-corrected chi connectivity index (χ4v) is 3.64. The molecule has 3 rings (SSSR count). The van der Waals surface area contributed by atoms with Gasteiger partial charge in [-0.2, -0.15) is 5.10 Å². The molecule has 2 amide bonds. The first-order valence-electron chi connectivity index (χ1n) is 9.80. The van der Waals surface area contributed by atoms with Crippen LogP contribution in [0.1, 0.15) is 48.3 Å². The van der Waals surface area contributed by atoms with Gasteiger partial charge < -0.3 is 10.2 Å². The van der Waals surface area contributed by atoms with Crippen LogP contribution in [0.2, 0.25) is 0 Å². The molecule has 0 aliphatic carbocycles. The molecule has 2 aromatic rings. The maximum Gasteiger partial charge on any atom is 0.257 e. The predicted octanol–water partition coefficient (Wildman–Crippen LogP) is 2.77. The highest BCUT2D eigenvalue weighted by Gasteiger charge is 2.27. The summed E-state index contributed by atoms with van der Waals surface area (Å²) in [5, 5.41) is 7.27. The second-order valence-corrected chi connectivity index (χ2v) is 7.38. The van der Waals surface area contributed by atoms with Crippen molar-refractivity contribution in [1.82, 2.24) is 20.0 Å². The van der Waals surface area contributed by atoms with Gasteiger partial charge in [0.05, 0.1) is 17.5 Å². The number of hydrogen-bond donors (Lipinski definition) is 1. The number of carbonyl (C=O) groups excluding carboxylic acids is 2. The molecule has 0 saturated heterocycles. The van der Waals surface area contributed by atoms with Crippen LogP contribution >= 0.6 is 0 Å². The number of benzene rings is 1. The molecule has 1 atom stereocenters. The van der Waals surface area contributed by atoms with Crippen LogP contribution in [0.25, 0.3) is 0 Å². The summed E-state index contributed by atoms with van der Waals surface area (Å²) in [5.74, 6) is -0.0687. The summed E-state index contributed by atoms with van der Waals surface area (Å²) >= 11 is 0. The Labute approximate surface area is 164 Å². The largest absolute Gasteiger partial charge is 0.356 e. The van der Waals surface area contributed by atoms with Crippen LogP contribution in [0, 0.1) is 11.7 Å². The van der Waals surface area contributed by atoms with Crippen molar-refractivity contribution in [2.75, 3.05) is 13.1 Å². The van der Waals surface area contributed by atoms with Gasteiger partial charge in [-0.1, -0.05) is 19.1 Å². The summed E-state index contributed by atoms with van der Waals surface area (Å²) in [6.07, 6.45) is 4.14. The van der Waals surface area contributed by atoms with E-state index in [9.17, 15) is 14.0 Å². The number of halogens is 1. The Morgan fingerprint density at radius 3 is 2.75 bits per heavy atom. The SMILES string of the molecule is CCCN(Cc1ccc(F)cc1)C(=O)c1cnn2c1C[C@H](CNC(C)=O)CC2. The van der Waals surface area contributed by atoms with Gasteiger partial charge in [-0.25, -0.2) is 4.39 Å². The van der Waals surface area contributed by atoms with Crippen molar-refractivity contribution in [2.45, 2.75) is 46.2 Å². The number of aryl methyl sites for hydroxylation is 1. The van der Waals surface area contributed by atoms with E-state index in [4.69, 9.17) is 0 Å². The van der Waals surface area contributed by atoms with E-state index in [1.165, 1.54) is 19.1 Å². The lowest BCUT2D eigenvalue weighted by Crippen LogP contribution is -2.34. The molecule has 0 spiro atoms. The lowest BCUT2D eigenvalue weighted by molar-refractivity contribution is -0.119. The maximum atomic E-state index is 13.2. The quantitative estimate of drug-likeness (QED) is 0.796. The minimum atomic E-state index is -0.284. The molecule has 0 bridgehead atoms. The first-order valence-corrected chi connectivity index (χ1v) is 9.80. The zero-order valence-electron chi connectivity index (χ0n) is 16.4. The fraction of sp³-hybridized carbons (Fsp3) is 0.476. The summed E-state index contributed by atoms with van der Waals surface area (Å²) in [7, 11) is 0. The number of rotatable bonds is 7. The molecule has 0 fully saturated rings. The molecular weight excluding hydrogens is 359 g/mol. The van der Waals surface area contributed by atoms with Crippen LogP contribution in [0.15, 0.2) is 30.5 Å². The highest BCUT2D eigenvalue weighted by Crippen LogP contribution is 2.24. The molecule has 0 saturated carbocycles. The third-order valence-electron chi connectivity index (χ3n) is 5.12. The molecule has 6 nitrogen and oxygen atoms in total. The molecule has 150 valence electrons. The Morgan fingerprint density at radius 2 is 2.07 bits per heavy atom. The fourth-order valence-electron chi connectivity index (χ4n) is 3.64. The normalized spacial score (nSPS) is 15.8.